The fraction of sp³-hybridized carbons (Fsp3) is 0.455. The van der Waals surface area contributed by atoms with Gasteiger partial charge in [-0.3, -0.25) is 4.79 Å². The predicted octanol–water partition coefficient (Wildman–Crippen LogP) is 3.17. The number of hydrogen-bond acceptors (Lipinski definition) is 3. The molecule has 0 fully saturated rings. The van der Waals surface area contributed by atoms with Crippen molar-refractivity contribution in [3.63, 3.8) is 0 Å². The van der Waals surface area contributed by atoms with Gasteiger partial charge in [0.05, 0.1) is 17.5 Å². The molecule has 0 N–H and O–H groups in total. The zero-order valence-corrected chi connectivity index (χ0v) is 10.8. The first kappa shape index (κ1) is 13.0. The average molecular weight is 257 g/mol. The van der Waals surface area contributed by atoms with Gasteiger partial charge in [-0.1, -0.05) is 11.6 Å². The van der Waals surface area contributed by atoms with Crippen LogP contribution >= 0.6 is 22.9 Å². The summed E-state index contributed by atoms with van der Waals surface area (Å²) >= 11 is 7.25. The Morgan fingerprint density at radius 1 is 1.69 bits per heavy atom. The molecule has 0 aromatic carbocycles. The number of thiophene rings is 1. The van der Waals surface area contributed by atoms with Gasteiger partial charge in [-0.15, -0.1) is 11.3 Å². The normalized spacial score (nSPS) is 10.2. The zero-order chi connectivity index (χ0) is 12.1. The van der Waals surface area contributed by atoms with Crippen molar-refractivity contribution in [2.45, 2.75) is 26.3 Å². The molecule has 0 bridgehead atoms. The Labute approximate surface area is 104 Å². The maximum absolute atomic E-state index is 12.1. The first-order chi connectivity index (χ1) is 7.57. The molecule has 0 atom stereocenters. The lowest BCUT2D eigenvalue weighted by Gasteiger charge is -2.25. The summed E-state index contributed by atoms with van der Waals surface area (Å²) in [5, 5.41) is 10.8. The van der Waals surface area contributed by atoms with E-state index in [4.69, 9.17) is 16.9 Å². The highest BCUT2D eigenvalue weighted by molar-refractivity contribution is 7.12. The molecular weight excluding hydrogens is 244 g/mol. The van der Waals surface area contributed by atoms with Gasteiger partial charge in [-0.2, -0.15) is 5.26 Å². The van der Waals surface area contributed by atoms with Gasteiger partial charge < -0.3 is 4.90 Å². The second-order valence-electron chi connectivity index (χ2n) is 3.60. The molecule has 0 spiro atoms. The highest BCUT2D eigenvalue weighted by Crippen LogP contribution is 2.24. The third kappa shape index (κ3) is 2.97. The van der Waals surface area contributed by atoms with Crippen LogP contribution in [-0.2, 0) is 0 Å². The summed E-state index contributed by atoms with van der Waals surface area (Å²) in [6, 6.07) is 3.82. The lowest BCUT2D eigenvalue weighted by molar-refractivity contribution is 0.0715. The second-order valence-corrected chi connectivity index (χ2v) is 4.92. The van der Waals surface area contributed by atoms with Gasteiger partial charge in [0.2, 0.25) is 0 Å². The highest BCUT2D eigenvalue weighted by Gasteiger charge is 2.21. The number of hydrogen-bond donors (Lipinski definition) is 0. The van der Waals surface area contributed by atoms with Crippen LogP contribution in [0.1, 0.15) is 29.9 Å². The maximum atomic E-state index is 12.1. The van der Waals surface area contributed by atoms with E-state index >= 15 is 0 Å². The Morgan fingerprint density at radius 2 is 2.38 bits per heavy atom. The molecular formula is C11H13ClN2OS. The lowest BCUT2D eigenvalue weighted by Crippen LogP contribution is -2.37. The minimum atomic E-state index is -0.0924. The first-order valence-electron chi connectivity index (χ1n) is 4.98. The molecule has 0 aliphatic carbocycles. The van der Waals surface area contributed by atoms with E-state index < -0.39 is 0 Å². The van der Waals surface area contributed by atoms with Gasteiger partial charge in [0, 0.05) is 12.6 Å². The van der Waals surface area contributed by atoms with Crippen molar-refractivity contribution in [1.29, 1.82) is 5.26 Å². The number of nitriles is 1. The number of nitrogens with zero attached hydrogens (tertiary/aromatic N) is 2. The van der Waals surface area contributed by atoms with E-state index in [0.29, 0.717) is 22.9 Å². The Morgan fingerprint density at radius 3 is 2.81 bits per heavy atom. The van der Waals surface area contributed by atoms with Gasteiger partial charge in [-0.25, -0.2) is 0 Å². The van der Waals surface area contributed by atoms with Gasteiger partial charge in [0.1, 0.15) is 4.88 Å². The Hall–Kier alpha value is -1.05. The molecule has 1 aromatic heterocycles. The molecule has 0 unspecified atom stereocenters. The highest BCUT2D eigenvalue weighted by atomic mass is 35.5. The third-order valence-electron chi connectivity index (χ3n) is 2.16. The molecule has 0 aliphatic rings. The molecule has 1 aromatic rings. The van der Waals surface area contributed by atoms with Crippen LogP contribution < -0.4 is 0 Å². The molecule has 1 rings (SSSR count). The largest absolute Gasteiger partial charge is 0.334 e. The van der Waals surface area contributed by atoms with Crippen LogP contribution in [0.2, 0.25) is 5.02 Å². The van der Waals surface area contributed by atoms with Crippen LogP contribution in [0.4, 0.5) is 0 Å². The summed E-state index contributed by atoms with van der Waals surface area (Å²) in [7, 11) is 0. The Bertz CT molecular complexity index is 408. The SMILES string of the molecule is CC(C)N(CCC#N)C(=O)c1sccc1Cl. The summed E-state index contributed by atoms with van der Waals surface area (Å²) in [6.45, 7) is 4.30. The van der Waals surface area contributed by atoms with Crippen LogP contribution in [0.15, 0.2) is 11.4 Å². The topological polar surface area (TPSA) is 44.1 Å². The molecule has 0 aliphatic heterocycles. The van der Waals surface area contributed by atoms with Crippen molar-refractivity contribution >= 4 is 28.8 Å². The number of rotatable bonds is 4. The molecule has 1 heterocycles. The van der Waals surface area contributed by atoms with E-state index in [2.05, 4.69) is 0 Å². The maximum Gasteiger partial charge on any atom is 0.265 e. The van der Waals surface area contributed by atoms with E-state index in [-0.39, 0.29) is 11.9 Å². The summed E-state index contributed by atoms with van der Waals surface area (Å²) in [4.78, 5) is 14.3. The van der Waals surface area contributed by atoms with Crippen LogP contribution in [0.25, 0.3) is 0 Å². The van der Waals surface area contributed by atoms with E-state index in [1.165, 1.54) is 11.3 Å². The van der Waals surface area contributed by atoms with Crippen LogP contribution in [0.3, 0.4) is 0 Å². The standard InChI is InChI=1S/C11H13ClN2OS/c1-8(2)14(6-3-5-13)11(15)10-9(12)4-7-16-10/h4,7-8H,3,6H2,1-2H3. The van der Waals surface area contributed by atoms with Crippen molar-refractivity contribution in [3.05, 3.63) is 21.3 Å². The predicted molar refractivity (Wildman–Crippen MR) is 65.7 cm³/mol. The second kappa shape index (κ2) is 5.88. The molecule has 0 saturated carbocycles. The minimum absolute atomic E-state index is 0.0685. The molecule has 5 heteroatoms. The summed E-state index contributed by atoms with van der Waals surface area (Å²) < 4.78 is 0. The number of amides is 1. The van der Waals surface area contributed by atoms with Crippen LogP contribution in [-0.4, -0.2) is 23.4 Å². The number of halogens is 1. The minimum Gasteiger partial charge on any atom is -0.334 e. The van der Waals surface area contributed by atoms with Gasteiger partial charge in [-0.05, 0) is 25.3 Å². The monoisotopic (exact) mass is 256 g/mol. The lowest BCUT2D eigenvalue weighted by atomic mass is 10.2. The number of carbonyl (C=O) groups excluding carboxylic acids is 1. The van der Waals surface area contributed by atoms with Crippen molar-refractivity contribution in [1.82, 2.24) is 4.90 Å². The van der Waals surface area contributed by atoms with Crippen molar-refractivity contribution in [3.8, 4) is 6.07 Å². The third-order valence-corrected chi connectivity index (χ3v) is 3.49. The molecule has 16 heavy (non-hydrogen) atoms. The fourth-order valence-corrected chi connectivity index (χ4v) is 2.43. The Balaban J connectivity index is 2.84. The molecule has 0 saturated heterocycles. The van der Waals surface area contributed by atoms with Crippen molar-refractivity contribution in [2.24, 2.45) is 0 Å². The molecule has 86 valence electrons. The smallest absolute Gasteiger partial charge is 0.265 e. The summed E-state index contributed by atoms with van der Waals surface area (Å²) in [5.41, 5.74) is 0. The molecule has 1 amide bonds. The summed E-state index contributed by atoms with van der Waals surface area (Å²) in [5.74, 6) is -0.0924. The van der Waals surface area contributed by atoms with Gasteiger partial charge >= 0.3 is 0 Å². The van der Waals surface area contributed by atoms with E-state index in [1.54, 1.807) is 16.3 Å². The van der Waals surface area contributed by atoms with Gasteiger partial charge in [0.25, 0.3) is 5.91 Å². The van der Waals surface area contributed by atoms with E-state index in [9.17, 15) is 4.79 Å². The fourth-order valence-electron chi connectivity index (χ4n) is 1.34. The van der Waals surface area contributed by atoms with E-state index in [1.807, 2.05) is 19.9 Å². The van der Waals surface area contributed by atoms with Crippen LogP contribution in [0.5, 0.6) is 0 Å². The van der Waals surface area contributed by atoms with Crippen molar-refractivity contribution < 1.29 is 4.79 Å². The quantitative estimate of drug-likeness (QED) is 0.831. The Kier molecular flexibility index (Phi) is 4.78. The van der Waals surface area contributed by atoms with Crippen LogP contribution in [0, 0.1) is 11.3 Å². The molecule has 0 radical (unpaired) electrons. The molecule has 3 nitrogen and oxygen atoms in total. The first-order valence-corrected chi connectivity index (χ1v) is 6.24. The zero-order valence-electron chi connectivity index (χ0n) is 9.24. The van der Waals surface area contributed by atoms with Crippen molar-refractivity contribution in [2.75, 3.05) is 6.54 Å². The van der Waals surface area contributed by atoms with Gasteiger partial charge in [0.15, 0.2) is 0 Å². The van der Waals surface area contributed by atoms with E-state index in [0.717, 1.165) is 0 Å². The number of carbonyl (C=O) groups is 1. The summed E-state index contributed by atoms with van der Waals surface area (Å²) in [6.07, 6.45) is 0.340. The average Bonchev–Trinajstić information content (AvgIpc) is 2.64.